The summed E-state index contributed by atoms with van der Waals surface area (Å²) in [5.74, 6) is 0.964. The van der Waals surface area contributed by atoms with E-state index in [2.05, 4.69) is 31.9 Å². The van der Waals surface area contributed by atoms with Crippen LogP contribution in [0.25, 0.3) is 11.0 Å². The zero-order valence-corrected chi connectivity index (χ0v) is 15.5. The van der Waals surface area contributed by atoms with Gasteiger partial charge in [-0.25, -0.2) is 18.4 Å². The normalized spacial score (nSPS) is 25.0. The highest BCUT2D eigenvalue weighted by Gasteiger charge is 2.47. The molecule has 140 valence electrons. The van der Waals surface area contributed by atoms with Gasteiger partial charge in [0.05, 0.1) is 23.8 Å². The summed E-state index contributed by atoms with van der Waals surface area (Å²) in [6.45, 7) is 2.22. The van der Waals surface area contributed by atoms with Crippen LogP contribution in [-0.4, -0.2) is 60.0 Å². The van der Waals surface area contributed by atoms with Crippen LogP contribution in [-0.2, 0) is 16.4 Å². The van der Waals surface area contributed by atoms with Gasteiger partial charge in [-0.2, -0.15) is 0 Å². The molecule has 0 radical (unpaired) electrons. The Bertz CT molecular complexity index is 1070. The smallest absolute Gasteiger partial charge is 0.225 e. The lowest BCUT2D eigenvalue weighted by molar-refractivity contribution is 0.159. The molecule has 0 aliphatic carbocycles. The minimum atomic E-state index is -3.07. The zero-order valence-electron chi connectivity index (χ0n) is 14.7. The molecule has 2 aromatic heterocycles. The summed E-state index contributed by atoms with van der Waals surface area (Å²) >= 11 is 0. The summed E-state index contributed by atoms with van der Waals surface area (Å²) in [7, 11) is -3.07. The summed E-state index contributed by atoms with van der Waals surface area (Å²) < 4.78 is 30.2. The summed E-state index contributed by atoms with van der Waals surface area (Å²) in [5, 5.41) is 1.07. The van der Waals surface area contributed by atoms with Gasteiger partial charge in [0.2, 0.25) is 5.95 Å². The van der Waals surface area contributed by atoms with Gasteiger partial charge in [0.25, 0.3) is 0 Å². The molecule has 1 aromatic carbocycles. The van der Waals surface area contributed by atoms with Crippen LogP contribution in [0.2, 0.25) is 0 Å². The lowest BCUT2D eigenvalue weighted by Gasteiger charge is -2.43. The summed E-state index contributed by atoms with van der Waals surface area (Å²) in [4.78, 5) is 13.0. The lowest BCUT2D eigenvalue weighted by Crippen LogP contribution is -2.59. The van der Waals surface area contributed by atoms with Crippen LogP contribution in [0.4, 0.5) is 5.95 Å². The first-order chi connectivity index (χ1) is 13.1. The van der Waals surface area contributed by atoms with Crippen molar-refractivity contribution in [2.45, 2.75) is 18.6 Å². The van der Waals surface area contributed by atoms with Gasteiger partial charge in [-0.15, -0.1) is 0 Å². The number of sulfone groups is 1. The van der Waals surface area contributed by atoms with Crippen LogP contribution >= 0.6 is 0 Å². The van der Waals surface area contributed by atoms with E-state index in [1.807, 2.05) is 12.1 Å². The number of fused-ring (bicyclic) bond motifs is 2. The Hall–Kier alpha value is -2.45. The highest BCUT2D eigenvalue weighted by Crippen LogP contribution is 2.30. The van der Waals surface area contributed by atoms with Crippen molar-refractivity contribution in [2.75, 3.05) is 29.5 Å². The van der Waals surface area contributed by atoms with E-state index in [4.69, 9.17) is 4.42 Å². The van der Waals surface area contributed by atoms with Crippen LogP contribution < -0.4 is 4.90 Å². The first-order valence-electron chi connectivity index (χ1n) is 9.03. The predicted octanol–water partition coefficient (Wildman–Crippen LogP) is 1.71. The van der Waals surface area contributed by atoms with Crippen molar-refractivity contribution in [3.05, 3.63) is 54.6 Å². The van der Waals surface area contributed by atoms with Crippen molar-refractivity contribution < 1.29 is 12.8 Å². The van der Waals surface area contributed by atoms with Crippen LogP contribution in [0.5, 0.6) is 0 Å². The molecule has 2 atom stereocenters. The summed E-state index contributed by atoms with van der Waals surface area (Å²) in [6, 6.07) is 9.71. The van der Waals surface area contributed by atoms with Crippen molar-refractivity contribution in [1.82, 2.24) is 14.9 Å². The Morgan fingerprint density at radius 3 is 2.74 bits per heavy atom. The molecule has 0 unspecified atom stereocenters. The molecule has 0 bridgehead atoms. The van der Waals surface area contributed by atoms with Gasteiger partial charge in [0.1, 0.15) is 5.58 Å². The van der Waals surface area contributed by atoms with Gasteiger partial charge >= 0.3 is 0 Å². The number of hydrogen-bond donors (Lipinski definition) is 0. The fourth-order valence-electron chi connectivity index (χ4n) is 4.26. The van der Waals surface area contributed by atoms with E-state index in [0.29, 0.717) is 12.5 Å². The predicted molar refractivity (Wildman–Crippen MR) is 102 cm³/mol. The van der Waals surface area contributed by atoms with Gasteiger partial charge in [-0.05, 0) is 29.8 Å². The zero-order chi connectivity index (χ0) is 18.4. The fraction of sp³-hybridized carbons (Fsp3) is 0.368. The monoisotopic (exact) mass is 384 g/mol. The molecule has 0 amide bonds. The second-order valence-corrected chi connectivity index (χ2v) is 9.37. The topological polar surface area (TPSA) is 79.5 Å². The second-order valence-electron chi connectivity index (χ2n) is 7.22. The van der Waals surface area contributed by atoms with E-state index in [1.54, 1.807) is 24.7 Å². The lowest BCUT2D eigenvalue weighted by atomic mass is 10.0. The maximum Gasteiger partial charge on any atom is 0.225 e. The van der Waals surface area contributed by atoms with Crippen molar-refractivity contribution in [3.8, 4) is 0 Å². The molecule has 2 aliphatic rings. The van der Waals surface area contributed by atoms with Crippen LogP contribution in [0, 0.1) is 0 Å². The third kappa shape index (κ3) is 3.08. The Morgan fingerprint density at radius 1 is 1.07 bits per heavy atom. The highest BCUT2D eigenvalue weighted by atomic mass is 32.2. The number of aromatic nitrogens is 2. The van der Waals surface area contributed by atoms with Gasteiger partial charge in [-0.3, -0.25) is 4.90 Å². The number of anilines is 1. The van der Waals surface area contributed by atoms with Gasteiger partial charge < -0.3 is 9.32 Å². The average molecular weight is 384 g/mol. The molecular formula is C19H20N4O3S. The molecular weight excluding hydrogens is 364 g/mol. The van der Waals surface area contributed by atoms with Gasteiger partial charge in [0.15, 0.2) is 9.84 Å². The third-order valence-electron chi connectivity index (χ3n) is 5.50. The summed E-state index contributed by atoms with van der Waals surface area (Å²) in [6.07, 6.45) is 5.09. The number of furan rings is 1. The van der Waals surface area contributed by atoms with Crippen LogP contribution in [0.3, 0.4) is 0 Å². The molecule has 4 heterocycles. The third-order valence-corrected chi connectivity index (χ3v) is 7.20. The van der Waals surface area contributed by atoms with E-state index < -0.39 is 9.84 Å². The van der Waals surface area contributed by atoms with E-state index in [0.717, 1.165) is 29.6 Å². The van der Waals surface area contributed by atoms with Gasteiger partial charge in [-0.1, -0.05) is 6.07 Å². The molecule has 7 nitrogen and oxygen atoms in total. The Morgan fingerprint density at radius 2 is 1.89 bits per heavy atom. The Labute approximate surface area is 157 Å². The Balaban J connectivity index is 1.43. The minimum absolute atomic E-state index is 0.0485. The van der Waals surface area contributed by atoms with Crippen molar-refractivity contribution in [2.24, 2.45) is 0 Å². The highest BCUT2D eigenvalue weighted by molar-refractivity contribution is 7.91. The fourth-order valence-corrected chi connectivity index (χ4v) is 6.27. The van der Waals surface area contributed by atoms with Crippen LogP contribution in [0.15, 0.2) is 53.4 Å². The molecule has 2 fully saturated rings. The molecule has 0 saturated carbocycles. The number of nitrogens with zero attached hydrogens (tertiary/aromatic N) is 4. The average Bonchev–Trinajstić information content (AvgIpc) is 3.25. The van der Waals surface area contributed by atoms with Crippen molar-refractivity contribution in [3.63, 3.8) is 0 Å². The van der Waals surface area contributed by atoms with Crippen molar-refractivity contribution >= 4 is 26.8 Å². The molecule has 2 aliphatic heterocycles. The van der Waals surface area contributed by atoms with E-state index in [9.17, 15) is 8.42 Å². The molecule has 3 aromatic rings. The van der Waals surface area contributed by atoms with Crippen molar-refractivity contribution in [1.29, 1.82) is 0 Å². The minimum Gasteiger partial charge on any atom is -0.464 e. The molecule has 27 heavy (non-hydrogen) atoms. The molecule has 2 saturated heterocycles. The quantitative estimate of drug-likeness (QED) is 0.680. The van der Waals surface area contributed by atoms with Gasteiger partial charge in [0, 0.05) is 43.5 Å². The number of benzene rings is 1. The van der Waals surface area contributed by atoms with E-state index >= 15 is 0 Å². The maximum absolute atomic E-state index is 12.4. The standard InChI is InChI=1S/C19H20N4O3S/c24-27(25)12-16-17(13-27)23(19-20-5-1-6-21-19)8-7-22(16)11-14-2-3-18-15(10-14)4-9-26-18/h1-6,9-10,16-17H,7-8,11-13H2/t16-,17+/m0/s1. The first kappa shape index (κ1) is 16.7. The van der Waals surface area contributed by atoms with Crippen LogP contribution in [0.1, 0.15) is 5.56 Å². The molecule has 0 N–H and O–H groups in total. The number of hydrogen-bond acceptors (Lipinski definition) is 7. The second kappa shape index (κ2) is 6.31. The SMILES string of the molecule is O=S1(=O)C[C@@H]2[C@H](C1)N(Cc1ccc3occc3c1)CCN2c1ncccn1. The van der Waals surface area contributed by atoms with E-state index in [-0.39, 0.29) is 23.6 Å². The molecule has 8 heteroatoms. The Kier molecular flexibility index (Phi) is 3.91. The number of piperazine rings is 1. The number of rotatable bonds is 3. The largest absolute Gasteiger partial charge is 0.464 e. The first-order valence-corrected chi connectivity index (χ1v) is 10.9. The summed E-state index contributed by atoms with van der Waals surface area (Å²) in [5.41, 5.74) is 2.03. The maximum atomic E-state index is 12.4. The molecule has 0 spiro atoms. The molecule has 5 rings (SSSR count). The van der Waals surface area contributed by atoms with E-state index in [1.165, 1.54) is 0 Å².